The molecule has 1 saturated heterocycles. The average Bonchev–Trinajstić information content (AvgIpc) is 3.29. The Morgan fingerprint density at radius 1 is 1.34 bits per heavy atom. The quantitative estimate of drug-likeness (QED) is 0.289. The second kappa shape index (κ2) is 8.32. The van der Waals surface area contributed by atoms with Gasteiger partial charge in [-0.3, -0.25) is 14.6 Å². The number of rotatable bonds is 6. The lowest BCUT2D eigenvalue weighted by Crippen LogP contribution is -2.53. The SMILES string of the molecule is C#CCNCCN1C(=O)N2C(c3cccc(O)c3)c3[nH]c4ccc(OC)c(F)c4c3CC2(C)C1=O. The highest BCUT2D eigenvalue weighted by Crippen LogP contribution is 2.49. The van der Waals surface area contributed by atoms with Crippen molar-refractivity contribution >= 4 is 22.8 Å². The number of halogens is 1. The van der Waals surface area contributed by atoms with Crippen LogP contribution < -0.4 is 10.1 Å². The van der Waals surface area contributed by atoms with Gasteiger partial charge in [-0.1, -0.05) is 18.1 Å². The molecule has 2 unspecified atom stereocenters. The summed E-state index contributed by atoms with van der Waals surface area (Å²) in [7, 11) is 1.40. The largest absolute Gasteiger partial charge is 0.508 e. The zero-order valence-electron chi connectivity index (χ0n) is 19.4. The van der Waals surface area contributed by atoms with Gasteiger partial charge in [0, 0.05) is 36.1 Å². The molecule has 0 spiro atoms. The third-order valence-electron chi connectivity index (χ3n) is 6.88. The first-order valence-corrected chi connectivity index (χ1v) is 11.3. The molecule has 3 heterocycles. The van der Waals surface area contributed by atoms with Crippen LogP contribution in [0.1, 0.15) is 29.8 Å². The van der Waals surface area contributed by atoms with Crippen molar-refractivity contribution in [2.75, 3.05) is 26.7 Å². The number of benzene rings is 2. The normalized spacial score (nSPS) is 21.3. The Bertz CT molecular complexity index is 1390. The predicted octanol–water partition coefficient (Wildman–Crippen LogP) is 2.91. The van der Waals surface area contributed by atoms with Gasteiger partial charge in [-0.05, 0) is 42.3 Å². The lowest BCUT2D eigenvalue weighted by atomic mass is 9.81. The number of aromatic nitrogens is 1. The van der Waals surface area contributed by atoms with E-state index in [1.54, 1.807) is 31.2 Å². The molecule has 35 heavy (non-hydrogen) atoms. The van der Waals surface area contributed by atoms with Gasteiger partial charge in [0.25, 0.3) is 5.91 Å². The molecule has 1 fully saturated rings. The van der Waals surface area contributed by atoms with Gasteiger partial charge < -0.3 is 20.1 Å². The number of methoxy groups -OCH3 is 1. The van der Waals surface area contributed by atoms with Crippen LogP contribution in [0.15, 0.2) is 36.4 Å². The predicted molar refractivity (Wildman–Crippen MR) is 128 cm³/mol. The van der Waals surface area contributed by atoms with E-state index in [9.17, 15) is 14.7 Å². The number of phenols is 1. The van der Waals surface area contributed by atoms with Crippen molar-refractivity contribution < 1.29 is 23.8 Å². The van der Waals surface area contributed by atoms with Crippen LogP contribution in [0.25, 0.3) is 10.9 Å². The van der Waals surface area contributed by atoms with E-state index in [2.05, 4.69) is 16.2 Å². The van der Waals surface area contributed by atoms with Crippen LogP contribution in [0.2, 0.25) is 0 Å². The van der Waals surface area contributed by atoms with Gasteiger partial charge >= 0.3 is 6.03 Å². The van der Waals surface area contributed by atoms with Gasteiger partial charge in [-0.15, -0.1) is 6.42 Å². The first kappa shape index (κ1) is 22.7. The number of imide groups is 1. The van der Waals surface area contributed by atoms with Gasteiger partial charge in [-0.25, -0.2) is 9.18 Å². The molecular formula is C26H25FN4O4. The topological polar surface area (TPSA) is 97.9 Å². The van der Waals surface area contributed by atoms with Crippen LogP contribution in [0.4, 0.5) is 9.18 Å². The molecule has 2 aromatic carbocycles. The third-order valence-corrected chi connectivity index (χ3v) is 6.88. The minimum absolute atomic E-state index is 0.0219. The number of aromatic amines is 1. The molecule has 0 bridgehead atoms. The molecule has 2 aliphatic heterocycles. The Hall–Kier alpha value is -4.03. The van der Waals surface area contributed by atoms with Crippen LogP contribution in [0.3, 0.4) is 0 Å². The van der Waals surface area contributed by atoms with Crippen molar-refractivity contribution in [1.29, 1.82) is 0 Å². The summed E-state index contributed by atoms with van der Waals surface area (Å²) in [5.74, 6) is 1.69. The Morgan fingerprint density at radius 2 is 2.14 bits per heavy atom. The van der Waals surface area contributed by atoms with Gasteiger partial charge in [0.05, 0.1) is 13.7 Å². The van der Waals surface area contributed by atoms with Gasteiger partial charge in [0.15, 0.2) is 11.6 Å². The van der Waals surface area contributed by atoms with E-state index in [0.29, 0.717) is 40.8 Å². The number of nitrogens with one attached hydrogen (secondary N) is 2. The van der Waals surface area contributed by atoms with Gasteiger partial charge in [-0.2, -0.15) is 0 Å². The molecule has 3 N–H and O–H groups in total. The second-order valence-corrected chi connectivity index (χ2v) is 8.96. The standard InChI is InChI=1S/C26H25FN4O4/c1-4-10-28-11-12-30-24(33)26(2)14-17-20-18(8-9-19(35-3)21(20)27)29-22(17)23(31(26)25(30)34)15-6-5-7-16(32)13-15/h1,5-9,13,23,28-29,32H,10-12,14H2,2-3H3. The second-order valence-electron chi connectivity index (χ2n) is 8.96. The lowest BCUT2D eigenvalue weighted by Gasteiger charge is -2.42. The molecular weight excluding hydrogens is 451 g/mol. The van der Waals surface area contributed by atoms with E-state index in [-0.39, 0.29) is 30.4 Å². The highest BCUT2D eigenvalue weighted by molar-refractivity contribution is 6.08. The lowest BCUT2D eigenvalue weighted by molar-refractivity contribution is -0.133. The molecule has 5 rings (SSSR count). The molecule has 2 atom stereocenters. The molecule has 180 valence electrons. The van der Waals surface area contributed by atoms with Crippen molar-refractivity contribution in [1.82, 2.24) is 20.1 Å². The number of phenolic OH excluding ortho intramolecular Hbond substituents is 1. The summed E-state index contributed by atoms with van der Waals surface area (Å²) in [6, 6.07) is 8.59. The van der Waals surface area contributed by atoms with Crippen molar-refractivity contribution in [2.24, 2.45) is 0 Å². The van der Waals surface area contributed by atoms with Crippen LogP contribution in [0, 0.1) is 18.2 Å². The maximum atomic E-state index is 15.5. The molecule has 9 heteroatoms. The number of fused-ring (bicyclic) bond motifs is 4. The highest BCUT2D eigenvalue weighted by atomic mass is 19.1. The molecule has 0 radical (unpaired) electrons. The number of terminal acetylenes is 1. The number of aromatic hydroxyl groups is 1. The van der Waals surface area contributed by atoms with E-state index < -0.39 is 23.4 Å². The smallest absolute Gasteiger partial charge is 0.328 e. The van der Waals surface area contributed by atoms with Crippen molar-refractivity contribution in [2.45, 2.75) is 24.9 Å². The van der Waals surface area contributed by atoms with Crippen LogP contribution >= 0.6 is 0 Å². The monoisotopic (exact) mass is 476 g/mol. The number of nitrogens with zero attached hydrogens (tertiary/aromatic N) is 2. The summed E-state index contributed by atoms with van der Waals surface area (Å²) >= 11 is 0. The number of H-pyrrole nitrogens is 1. The summed E-state index contributed by atoms with van der Waals surface area (Å²) < 4.78 is 20.6. The van der Waals surface area contributed by atoms with Crippen LogP contribution in [-0.4, -0.2) is 64.1 Å². The average molecular weight is 477 g/mol. The number of urea groups is 1. The van der Waals surface area contributed by atoms with E-state index in [1.165, 1.54) is 29.0 Å². The summed E-state index contributed by atoms with van der Waals surface area (Å²) in [6.45, 7) is 2.52. The first-order chi connectivity index (χ1) is 16.8. The number of hydrogen-bond donors (Lipinski definition) is 3. The van der Waals surface area contributed by atoms with Crippen LogP contribution in [-0.2, 0) is 11.2 Å². The first-order valence-electron chi connectivity index (χ1n) is 11.3. The Labute approximate surface area is 201 Å². The molecule has 0 aliphatic carbocycles. The number of carbonyl (C=O) groups excluding carboxylic acids is 2. The molecule has 8 nitrogen and oxygen atoms in total. The van der Waals surface area contributed by atoms with Gasteiger partial charge in [0.1, 0.15) is 17.3 Å². The minimum atomic E-state index is -1.25. The van der Waals surface area contributed by atoms with Crippen molar-refractivity contribution in [3.05, 3.63) is 59.0 Å². The summed E-state index contributed by atoms with van der Waals surface area (Å²) in [6.07, 6.45) is 5.40. The zero-order valence-corrected chi connectivity index (χ0v) is 19.4. The number of ether oxygens (including phenoxy) is 1. The fourth-order valence-electron chi connectivity index (χ4n) is 5.30. The van der Waals surface area contributed by atoms with E-state index >= 15 is 4.39 Å². The van der Waals surface area contributed by atoms with Crippen molar-refractivity contribution in [3.8, 4) is 23.8 Å². The van der Waals surface area contributed by atoms with E-state index in [4.69, 9.17) is 11.2 Å². The summed E-state index contributed by atoms with van der Waals surface area (Å²) in [5, 5.41) is 13.5. The molecule has 0 saturated carbocycles. The van der Waals surface area contributed by atoms with Crippen LogP contribution in [0.5, 0.6) is 11.5 Å². The fraction of sp³-hybridized carbons (Fsp3) is 0.308. The Balaban J connectivity index is 1.69. The number of carbonyl (C=O) groups is 2. The minimum Gasteiger partial charge on any atom is -0.508 e. The van der Waals surface area contributed by atoms with Crippen molar-refractivity contribution in [3.63, 3.8) is 0 Å². The fourth-order valence-corrected chi connectivity index (χ4v) is 5.30. The third kappa shape index (κ3) is 3.33. The molecule has 2 aliphatic rings. The highest BCUT2D eigenvalue weighted by Gasteiger charge is 2.60. The molecule has 1 aromatic heterocycles. The Kier molecular flexibility index (Phi) is 5.41. The zero-order chi connectivity index (χ0) is 24.9. The summed E-state index contributed by atoms with van der Waals surface area (Å²) in [5.41, 5.74) is 1.10. The maximum absolute atomic E-state index is 15.5. The van der Waals surface area contributed by atoms with Gasteiger partial charge in [0.2, 0.25) is 0 Å². The number of hydrogen-bond acceptors (Lipinski definition) is 5. The Morgan fingerprint density at radius 3 is 2.86 bits per heavy atom. The number of amides is 3. The molecule has 3 amide bonds. The van der Waals surface area contributed by atoms with E-state index in [0.717, 1.165) is 0 Å². The van der Waals surface area contributed by atoms with E-state index in [1.807, 2.05) is 0 Å². The maximum Gasteiger partial charge on any atom is 0.328 e. The molecule has 3 aromatic rings. The summed E-state index contributed by atoms with van der Waals surface area (Å²) in [4.78, 5) is 33.4.